The summed E-state index contributed by atoms with van der Waals surface area (Å²) in [5.41, 5.74) is -1.19. The molecule has 1 fully saturated rings. The maximum Gasteiger partial charge on any atom is 0.418 e. The Hall–Kier alpha value is -1.57. The van der Waals surface area contributed by atoms with Crippen LogP contribution in [-0.4, -0.2) is 18.5 Å². The number of imide groups is 1. The summed E-state index contributed by atoms with van der Waals surface area (Å²) in [6, 6.07) is 2.67. The highest BCUT2D eigenvalue weighted by molar-refractivity contribution is 9.10. The van der Waals surface area contributed by atoms with Gasteiger partial charge in [0.25, 0.3) is 0 Å². The van der Waals surface area contributed by atoms with Crippen LogP contribution in [0.1, 0.15) is 12.0 Å². The molecular weight excluding hydrogens is 329 g/mol. The van der Waals surface area contributed by atoms with E-state index in [1.165, 1.54) is 12.1 Å². The quantitative estimate of drug-likeness (QED) is 0.857. The molecule has 0 unspecified atom stereocenters. The highest BCUT2D eigenvalue weighted by Gasteiger charge is 2.37. The number of alkyl halides is 3. The Bertz CT molecular complexity index is 545. The van der Waals surface area contributed by atoms with Gasteiger partial charge in [0.05, 0.1) is 11.3 Å². The van der Waals surface area contributed by atoms with Crippen LogP contribution in [-0.2, 0) is 11.0 Å². The predicted molar refractivity (Wildman–Crippen MR) is 64.6 cm³/mol. The molecule has 1 saturated heterocycles. The van der Waals surface area contributed by atoms with E-state index in [-0.39, 0.29) is 23.1 Å². The van der Waals surface area contributed by atoms with Crippen LogP contribution in [0, 0.1) is 0 Å². The van der Waals surface area contributed by atoms with Gasteiger partial charge >= 0.3 is 12.2 Å². The zero-order valence-corrected chi connectivity index (χ0v) is 11.0. The van der Waals surface area contributed by atoms with Crippen LogP contribution in [0.5, 0.6) is 0 Å². The average Bonchev–Trinajstić information content (AvgIpc) is 2.28. The van der Waals surface area contributed by atoms with Gasteiger partial charge in [0, 0.05) is 17.4 Å². The third-order valence-corrected chi connectivity index (χ3v) is 3.10. The van der Waals surface area contributed by atoms with Crippen LogP contribution in [0.4, 0.5) is 23.7 Å². The SMILES string of the molecule is O=C1CCN(c2ccc(Br)cc2C(F)(F)F)C(=O)N1. The van der Waals surface area contributed by atoms with Crippen LogP contribution in [0.25, 0.3) is 0 Å². The predicted octanol–water partition coefficient (Wildman–Crippen LogP) is 2.91. The Labute approximate surface area is 114 Å². The molecule has 102 valence electrons. The van der Waals surface area contributed by atoms with Crippen molar-refractivity contribution in [2.24, 2.45) is 0 Å². The van der Waals surface area contributed by atoms with Crippen molar-refractivity contribution in [2.75, 3.05) is 11.4 Å². The number of halogens is 4. The van der Waals surface area contributed by atoms with Gasteiger partial charge in [-0.3, -0.25) is 15.0 Å². The van der Waals surface area contributed by atoms with Crippen LogP contribution in [0.3, 0.4) is 0 Å². The second-order valence-electron chi connectivity index (χ2n) is 3.91. The molecule has 1 aromatic carbocycles. The molecule has 0 aromatic heterocycles. The third-order valence-electron chi connectivity index (χ3n) is 2.61. The summed E-state index contributed by atoms with van der Waals surface area (Å²) >= 11 is 2.96. The van der Waals surface area contributed by atoms with Gasteiger partial charge in [-0.25, -0.2) is 4.79 Å². The minimum atomic E-state index is -4.58. The summed E-state index contributed by atoms with van der Waals surface area (Å²) < 4.78 is 39.1. The highest BCUT2D eigenvalue weighted by atomic mass is 79.9. The highest BCUT2D eigenvalue weighted by Crippen LogP contribution is 2.38. The zero-order chi connectivity index (χ0) is 14.2. The number of urea groups is 1. The number of hydrogen-bond donors (Lipinski definition) is 1. The molecule has 3 amide bonds. The van der Waals surface area contributed by atoms with Crippen molar-refractivity contribution >= 4 is 33.6 Å². The second-order valence-corrected chi connectivity index (χ2v) is 4.83. The molecule has 0 spiro atoms. The number of rotatable bonds is 1. The minimum Gasteiger partial charge on any atom is -0.293 e. The molecule has 0 saturated carbocycles. The number of carbonyl (C=O) groups is 2. The van der Waals surface area contributed by atoms with Gasteiger partial charge in [0.1, 0.15) is 0 Å². The number of amides is 3. The second kappa shape index (κ2) is 4.84. The summed E-state index contributed by atoms with van der Waals surface area (Å²) in [5.74, 6) is -0.494. The van der Waals surface area contributed by atoms with Crippen molar-refractivity contribution < 1.29 is 22.8 Å². The lowest BCUT2D eigenvalue weighted by Gasteiger charge is -2.28. The third kappa shape index (κ3) is 2.89. The van der Waals surface area contributed by atoms with E-state index >= 15 is 0 Å². The number of nitrogens with one attached hydrogen (secondary N) is 1. The number of anilines is 1. The van der Waals surface area contributed by atoms with Gasteiger partial charge in [0.15, 0.2) is 0 Å². The normalized spacial score (nSPS) is 16.5. The molecule has 2 rings (SSSR count). The summed E-state index contributed by atoms with van der Waals surface area (Å²) in [7, 11) is 0. The van der Waals surface area contributed by atoms with E-state index in [1.807, 2.05) is 5.32 Å². The topological polar surface area (TPSA) is 49.4 Å². The molecule has 4 nitrogen and oxygen atoms in total. The summed E-state index contributed by atoms with van der Waals surface area (Å²) in [6.07, 6.45) is -4.61. The molecule has 0 bridgehead atoms. The molecule has 0 radical (unpaired) electrons. The van der Waals surface area contributed by atoms with Crippen LogP contribution < -0.4 is 10.2 Å². The van der Waals surface area contributed by atoms with E-state index in [0.29, 0.717) is 0 Å². The maximum atomic E-state index is 12.9. The van der Waals surface area contributed by atoms with Gasteiger partial charge in [-0.05, 0) is 18.2 Å². The summed E-state index contributed by atoms with van der Waals surface area (Å²) in [5, 5.41) is 1.99. The molecule has 0 aliphatic carbocycles. The van der Waals surface area contributed by atoms with Crippen LogP contribution >= 0.6 is 15.9 Å². The lowest BCUT2D eigenvalue weighted by molar-refractivity contribution is -0.137. The summed E-state index contributed by atoms with van der Waals surface area (Å²) in [4.78, 5) is 23.5. The Kier molecular flexibility index (Phi) is 3.53. The lowest BCUT2D eigenvalue weighted by atomic mass is 10.1. The van der Waals surface area contributed by atoms with E-state index in [2.05, 4.69) is 15.9 Å². The van der Waals surface area contributed by atoms with E-state index in [1.54, 1.807) is 0 Å². The maximum absolute atomic E-state index is 12.9. The van der Waals surface area contributed by atoms with Gasteiger partial charge in [-0.1, -0.05) is 15.9 Å². The van der Waals surface area contributed by atoms with Crippen LogP contribution in [0.2, 0.25) is 0 Å². The van der Waals surface area contributed by atoms with Crippen molar-refractivity contribution in [3.8, 4) is 0 Å². The first-order chi connectivity index (χ1) is 8.79. The fourth-order valence-corrected chi connectivity index (χ4v) is 2.13. The van der Waals surface area contributed by atoms with E-state index in [0.717, 1.165) is 11.0 Å². The monoisotopic (exact) mass is 336 g/mol. The Morgan fingerprint density at radius 2 is 1.95 bits per heavy atom. The molecule has 1 aromatic rings. The molecule has 1 aliphatic rings. The first kappa shape index (κ1) is 13.9. The Balaban J connectivity index is 2.45. The Morgan fingerprint density at radius 1 is 1.26 bits per heavy atom. The molecule has 8 heteroatoms. The van der Waals surface area contributed by atoms with Gasteiger partial charge in [0.2, 0.25) is 5.91 Å². The molecule has 1 heterocycles. The molecule has 0 atom stereocenters. The summed E-state index contributed by atoms with van der Waals surface area (Å²) in [6.45, 7) is -0.0740. The van der Waals surface area contributed by atoms with Crippen molar-refractivity contribution in [1.82, 2.24) is 5.32 Å². The first-order valence-corrected chi connectivity index (χ1v) is 6.06. The van der Waals surface area contributed by atoms with Crippen molar-refractivity contribution in [3.63, 3.8) is 0 Å². The zero-order valence-electron chi connectivity index (χ0n) is 9.42. The standard InChI is InChI=1S/C11H8BrF3N2O2/c12-6-1-2-8(7(5-6)11(13,14)15)17-4-3-9(18)16-10(17)19/h1-2,5H,3-4H2,(H,16,18,19). The number of carbonyl (C=O) groups excluding carboxylic acids is 2. The molecule has 1 aliphatic heterocycles. The van der Waals surface area contributed by atoms with E-state index < -0.39 is 23.7 Å². The van der Waals surface area contributed by atoms with Gasteiger partial charge < -0.3 is 0 Å². The van der Waals surface area contributed by atoms with Crippen molar-refractivity contribution in [1.29, 1.82) is 0 Å². The minimum absolute atomic E-state index is 0.0287. The molecule has 1 N–H and O–H groups in total. The van der Waals surface area contributed by atoms with Crippen molar-refractivity contribution in [2.45, 2.75) is 12.6 Å². The van der Waals surface area contributed by atoms with Gasteiger partial charge in [-0.15, -0.1) is 0 Å². The molecular formula is C11H8BrF3N2O2. The number of hydrogen-bond acceptors (Lipinski definition) is 2. The van der Waals surface area contributed by atoms with E-state index in [4.69, 9.17) is 0 Å². The number of benzene rings is 1. The first-order valence-electron chi connectivity index (χ1n) is 5.27. The van der Waals surface area contributed by atoms with Crippen LogP contribution in [0.15, 0.2) is 22.7 Å². The lowest BCUT2D eigenvalue weighted by Crippen LogP contribution is -2.50. The van der Waals surface area contributed by atoms with Crippen molar-refractivity contribution in [3.05, 3.63) is 28.2 Å². The van der Waals surface area contributed by atoms with E-state index in [9.17, 15) is 22.8 Å². The largest absolute Gasteiger partial charge is 0.418 e. The fraction of sp³-hybridized carbons (Fsp3) is 0.273. The fourth-order valence-electron chi connectivity index (χ4n) is 1.76. The number of nitrogens with zero attached hydrogens (tertiary/aromatic N) is 1. The Morgan fingerprint density at radius 3 is 2.53 bits per heavy atom. The smallest absolute Gasteiger partial charge is 0.293 e. The average molecular weight is 337 g/mol. The molecule has 19 heavy (non-hydrogen) atoms. The van der Waals surface area contributed by atoms with Gasteiger partial charge in [-0.2, -0.15) is 13.2 Å².